The smallest absolute Gasteiger partial charge is 0.256 e. The minimum Gasteiger partial charge on any atom is -0.355 e. The van der Waals surface area contributed by atoms with Crippen molar-refractivity contribution in [1.29, 1.82) is 0 Å². The molecule has 0 fully saturated rings. The van der Waals surface area contributed by atoms with Crippen LogP contribution in [0.4, 0.5) is 5.95 Å². The number of nitrogens with zero attached hydrogens (tertiary/aromatic N) is 5. The zero-order valence-corrected chi connectivity index (χ0v) is 10.9. The van der Waals surface area contributed by atoms with Gasteiger partial charge in [-0.3, -0.25) is 4.79 Å². The summed E-state index contributed by atoms with van der Waals surface area (Å²) in [7, 11) is 0. The van der Waals surface area contributed by atoms with E-state index in [4.69, 9.17) is 11.6 Å². The van der Waals surface area contributed by atoms with Gasteiger partial charge >= 0.3 is 0 Å². The average Bonchev–Trinajstić information content (AvgIpc) is 2.87. The first kappa shape index (κ1) is 13.2. The molecule has 0 saturated heterocycles. The van der Waals surface area contributed by atoms with E-state index in [9.17, 15) is 4.79 Å². The summed E-state index contributed by atoms with van der Waals surface area (Å²) in [4.78, 5) is 22.8. The van der Waals surface area contributed by atoms with Crippen molar-refractivity contribution in [3.05, 3.63) is 23.7 Å². The topological polar surface area (TPSA) is 97.6 Å². The van der Waals surface area contributed by atoms with Gasteiger partial charge in [0.15, 0.2) is 0 Å². The lowest BCUT2D eigenvalue weighted by molar-refractivity contribution is -0.118. The van der Waals surface area contributed by atoms with Crippen molar-refractivity contribution in [1.82, 2.24) is 30.0 Å². The van der Waals surface area contributed by atoms with Crippen LogP contribution in [0.15, 0.2) is 18.5 Å². The Morgan fingerprint density at radius 1 is 1.37 bits per heavy atom. The van der Waals surface area contributed by atoms with Crippen LogP contribution >= 0.6 is 11.6 Å². The summed E-state index contributed by atoms with van der Waals surface area (Å²) < 4.78 is 1.48. The highest BCUT2D eigenvalue weighted by molar-refractivity contribution is 6.28. The average molecular weight is 282 g/mol. The fourth-order valence-corrected chi connectivity index (χ4v) is 1.48. The van der Waals surface area contributed by atoms with Crippen LogP contribution in [0.2, 0.25) is 5.28 Å². The van der Waals surface area contributed by atoms with Crippen molar-refractivity contribution in [2.24, 2.45) is 0 Å². The predicted molar refractivity (Wildman–Crippen MR) is 69.1 cm³/mol. The molecule has 0 aliphatic heterocycles. The standard InChI is InChI=1S/C10H12ClN7O/c1-7(19)12-4-5-13-9-15-8(11)16-10(17-9)18-6-2-3-14-18/h2-3,6H,4-5H2,1H3,(H,12,19)(H,13,15,16,17). The second-order valence-electron chi connectivity index (χ2n) is 3.59. The van der Waals surface area contributed by atoms with Crippen molar-refractivity contribution in [3.8, 4) is 5.95 Å². The molecule has 9 heteroatoms. The third kappa shape index (κ3) is 3.88. The third-order valence-corrected chi connectivity index (χ3v) is 2.26. The summed E-state index contributed by atoms with van der Waals surface area (Å²) in [5.74, 6) is 0.565. The van der Waals surface area contributed by atoms with E-state index in [1.54, 1.807) is 18.5 Å². The highest BCUT2D eigenvalue weighted by Gasteiger charge is 2.06. The number of aromatic nitrogens is 5. The van der Waals surface area contributed by atoms with Gasteiger partial charge < -0.3 is 10.6 Å². The quantitative estimate of drug-likeness (QED) is 0.763. The van der Waals surface area contributed by atoms with Crippen LogP contribution < -0.4 is 10.6 Å². The van der Waals surface area contributed by atoms with Gasteiger partial charge in [0.05, 0.1) is 0 Å². The van der Waals surface area contributed by atoms with Crippen LogP contribution in [-0.4, -0.2) is 43.7 Å². The van der Waals surface area contributed by atoms with Gasteiger partial charge in [-0.1, -0.05) is 0 Å². The van der Waals surface area contributed by atoms with E-state index >= 15 is 0 Å². The molecule has 0 unspecified atom stereocenters. The first-order valence-electron chi connectivity index (χ1n) is 5.55. The van der Waals surface area contributed by atoms with Crippen molar-refractivity contribution >= 4 is 23.5 Å². The van der Waals surface area contributed by atoms with Crippen LogP contribution in [0.25, 0.3) is 5.95 Å². The largest absolute Gasteiger partial charge is 0.355 e. The van der Waals surface area contributed by atoms with Gasteiger partial charge in [0.2, 0.25) is 17.1 Å². The summed E-state index contributed by atoms with van der Waals surface area (Å²) in [6.07, 6.45) is 3.31. The fraction of sp³-hybridized carbons (Fsp3) is 0.300. The first-order valence-corrected chi connectivity index (χ1v) is 5.93. The third-order valence-electron chi connectivity index (χ3n) is 2.09. The lowest BCUT2D eigenvalue weighted by atomic mass is 10.6. The lowest BCUT2D eigenvalue weighted by Gasteiger charge is -2.06. The molecule has 2 heterocycles. The zero-order chi connectivity index (χ0) is 13.7. The van der Waals surface area contributed by atoms with E-state index in [1.807, 2.05) is 0 Å². The van der Waals surface area contributed by atoms with Crippen LogP contribution in [0.3, 0.4) is 0 Å². The summed E-state index contributed by atoms with van der Waals surface area (Å²) in [6, 6.07) is 1.75. The number of anilines is 1. The monoisotopic (exact) mass is 281 g/mol. The molecule has 2 rings (SSSR count). The van der Waals surface area contributed by atoms with E-state index in [-0.39, 0.29) is 11.2 Å². The Balaban J connectivity index is 2.03. The molecule has 0 aliphatic rings. The molecule has 0 aliphatic carbocycles. The number of carbonyl (C=O) groups is 1. The maximum Gasteiger partial charge on any atom is 0.256 e. The summed E-state index contributed by atoms with van der Waals surface area (Å²) in [6.45, 7) is 2.41. The van der Waals surface area contributed by atoms with Gasteiger partial charge in [-0.15, -0.1) is 0 Å². The van der Waals surface area contributed by atoms with Crippen LogP contribution in [0, 0.1) is 0 Å². The summed E-state index contributed by atoms with van der Waals surface area (Å²) in [5.41, 5.74) is 0. The van der Waals surface area contributed by atoms with Crippen molar-refractivity contribution in [2.45, 2.75) is 6.92 Å². The van der Waals surface area contributed by atoms with Crippen LogP contribution in [-0.2, 0) is 4.79 Å². The Morgan fingerprint density at radius 2 is 2.21 bits per heavy atom. The van der Waals surface area contributed by atoms with Crippen molar-refractivity contribution in [3.63, 3.8) is 0 Å². The maximum absolute atomic E-state index is 10.7. The Morgan fingerprint density at radius 3 is 2.89 bits per heavy atom. The predicted octanol–water partition coefficient (Wildman–Crippen LogP) is 0.259. The highest BCUT2D eigenvalue weighted by Crippen LogP contribution is 2.08. The van der Waals surface area contributed by atoms with E-state index in [2.05, 4.69) is 30.7 Å². The molecule has 0 saturated carbocycles. The van der Waals surface area contributed by atoms with Gasteiger partial charge in [-0.25, -0.2) is 4.68 Å². The van der Waals surface area contributed by atoms with Gasteiger partial charge in [0.1, 0.15) is 0 Å². The van der Waals surface area contributed by atoms with Crippen molar-refractivity contribution in [2.75, 3.05) is 18.4 Å². The molecule has 0 aromatic carbocycles. The van der Waals surface area contributed by atoms with Crippen LogP contribution in [0.5, 0.6) is 0 Å². The lowest BCUT2D eigenvalue weighted by Crippen LogP contribution is -2.26. The fourth-order valence-electron chi connectivity index (χ4n) is 1.32. The number of hydrogen-bond acceptors (Lipinski definition) is 6. The molecule has 0 spiro atoms. The molecule has 8 nitrogen and oxygen atoms in total. The Hall–Kier alpha value is -2.22. The molecular weight excluding hydrogens is 270 g/mol. The Bertz CT molecular complexity index is 557. The number of hydrogen-bond donors (Lipinski definition) is 2. The second-order valence-corrected chi connectivity index (χ2v) is 3.93. The molecule has 2 aromatic rings. The molecule has 1 amide bonds. The Labute approximate surface area is 114 Å². The molecule has 2 N–H and O–H groups in total. The molecule has 100 valence electrons. The van der Waals surface area contributed by atoms with Gasteiger partial charge in [0, 0.05) is 32.4 Å². The molecule has 0 radical (unpaired) electrons. The maximum atomic E-state index is 10.7. The number of carbonyl (C=O) groups excluding carboxylic acids is 1. The molecule has 0 bridgehead atoms. The minimum atomic E-state index is -0.0901. The van der Waals surface area contributed by atoms with Gasteiger partial charge in [-0.05, 0) is 17.7 Å². The SMILES string of the molecule is CC(=O)NCCNc1nc(Cl)nc(-n2cccn2)n1. The summed E-state index contributed by atoms with van der Waals surface area (Å²) >= 11 is 5.82. The van der Waals surface area contributed by atoms with E-state index in [0.29, 0.717) is 25.0 Å². The van der Waals surface area contributed by atoms with E-state index in [0.717, 1.165) is 0 Å². The number of nitrogens with one attached hydrogen (secondary N) is 2. The number of amides is 1. The normalized spacial score (nSPS) is 10.2. The Kier molecular flexibility index (Phi) is 4.24. The molecule has 2 aromatic heterocycles. The van der Waals surface area contributed by atoms with Gasteiger partial charge in [0.25, 0.3) is 5.95 Å². The van der Waals surface area contributed by atoms with E-state index < -0.39 is 0 Å². The second kappa shape index (κ2) is 6.10. The summed E-state index contributed by atoms with van der Waals surface area (Å²) in [5, 5.41) is 9.67. The van der Waals surface area contributed by atoms with E-state index in [1.165, 1.54) is 11.6 Å². The first-order chi connectivity index (χ1) is 9.15. The zero-order valence-electron chi connectivity index (χ0n) is 10.2. The molecule has 19 heavy (non-hydrogen) atoms. The molecular formula is C10H12ClN7O. The number of rotatable bonds is 5. The minimum absolute atomic E-state index is 0.0718. The highest BCUT2D eigenvalue weighted by atomic mass is 35.5. The molecule has 0 atom stereocenters. The van der Waals surface area contributed by atoms with Crippen molar-refractivity contribution < 1.29 is 4.79 Å². The van der Waals surface area contributed by atoms with Gasteiger partial charge in [-0.2, -0.15) is 20.1 Å². The number of halogens is 1. The van der Waals surface area contributed by atoms with Crippen LogP contribution in [0.1, 0.15) is 6.92 Å².